The van der Waals surface area contributed by atoms with E-state index in [1.807, 2.05) is 54.4 Å². The lowest BCUT2D eigenvalue weighted by atomic mass is 9.90. The summed E-state index contributed by atoms with van der Waals surface area (Å²) in [7, 11) is 1.60. The third-order valence-electron chi connectivity index (χ3n) is 3.81. The third-order valence-corrected chi connectivity index (χ3v) is 3.81. The number of anilines is 1. The molecule has 0 aromatic heterocycles. The fourth-order valence-electron chi connectivity index (χ4n) is 2.81. The molecule has 1 aromatic rings. The maximum absolute atomic E-state index is 10.6. The van der Waals surface area contributed by atoms with Crippen molar-refractivity contribution in [3.8, 4) is 0 Å². The highest BCUT2D eigenvalue weighted by molar-refractivity contribution is 5.57. The Morgan fingerprint density at radius 3 is 2.70 bits per heavy atom. The number of allylic oxidation sites excluding steroid dienone is 3. The highest BCUT2D eigenvalue weighted by Gasteiger charge is 2.38. The Hall–Kier alpha value is -2.36. The molecule has 4 nitrogen and oxygen atoms in total. The first-order chi connectivity index (χ1) is 9.74. The smallest absolute Gasteiger partial charge is 0.233 e. The maximum Gasteiger partial charge on any atom is 0.233 e. The number of para-hydroxylation sites is 1. The molecule has 3 rings (SSSR count). The van der Waals surface area contributed by atoms with Crippen LogP contribution in [0, 0.1) is 5.92 Å². The van der Waals surface area contributed by atoms with Gasteiger partial charge in [-0.25, -0.2) is 0 Å². The number of dihydropyridines is 1. The monoisotopic (exact) mass is 270 g/mol. The molecule has 2 heterocycles. The molecule has 1 aromatic carbocycles. The molecular formula is C16H18N2O2. The number of ether oxygens (including phenoxy) is 1. The number of fused-ring (bicyclic) bond motifs is 1. The van der Waals surface area contributed by atoms with Gasteiger partial charge in [0.05, 0.1) is 7.11 Å². The van der Waals surface area contributed by atoms with E-state index in [0.29, 0.717) is 5.76 Å². The third kappa shape index (κ3) is 1.84. The summed E-state index contributed by atoms with van der Waals surface area (Å²) in [4.78, 5) is 1.86. The van der Waals surface area contributed by atoms with E-state index in [1.165, 1.54) is 5.57 Å². The van der Waals surface area contributed by atoms with E-state index < -0.39 is 0 Å². The van der Waals surface area contributed by atoms with E-state index >= 15 is 0 Å². The molecule has 0 aliphatic carbocycles. The normalized spacial score (nSPS) is 24.9. The van der Waals surface area contributed by atoms with Gasteiger partial charge in [-0.15, -0.1) is 0 Å². The van der Waals surface area contributed by atoms with E-state index in [-0.39, 0.29) is 18.0 Å². The zero-order chi connectivity index (χ0) is 14.1. The van der Waals surface area contributed by atoms with E-state index in [1.54, 1.807) is 7.11 Å². The number of hydrogen-bond donors (Lipinski definition) is 2. The summed E-state index contributed by atoms with van der Waals surface area (Å²) in [6.07, 6.45) is 5.85. The van der Waals surface area contributed by atoms with Gasteiger partial charge in [0.1, 0.15) is 6.17 Å². The Labute approximate surface area is 118 Å². The van der Waals surface area contributed by atoms with Crippen LogP contribution >= 0.6 is 0 Å². The zero-order valence-corrected chi connectivity index (χ0v) is 11.6. The minimum atomic E-state index is -0.0868. The van der Waals surface area contributed by atoms with Crippen LogP contribution in [0.25, 0.3) is 0 Å². The highest BCUT2D eigenvalue weighted by Crippen LogP contribution is 2.38. The van der Waals surface area contributed by atoms with E-state index in [4.69, 9.17) is 4.74 Å². The molecule has 2 N–H and O–H groups in total. The van der Waals surface area contributed by atoms with Gasteiger partial charge in [-0.05, 0) is 30.0 Å². The first-order valence-corrected chi connectivity index (χ1v) is 6.68. The average molecular weight is 270 g/mol. The summed E-state index contributed by atoms with van der Waals surface area (Å²) in [5.41, 5.74) is 2.09. The van der Waals surface area contributed by atoms with Crippen LogP contribution in [0.15, 0.2) is 65.9 Å². The number of methoxy groups -OCH3 is 1. The molecule has 0 radical (unpaired) electrons. The molecule has 0 bridgehead atoms. The standard InChI is InChI=1S/C16H18N2O2/c1-11-13-9-6-10-17-15(13)18(16(19)14(11)20-2)12-7-4-3-5-8-12/h3-11,15,17,19H,1-2H3. The lowest BCUT2D eigenvalue weighted by Gasteiger charge is -2.42. The van der Waals surface area contributed by atoms with Gasteiger partial charge in [-0.1, -0.05) is 31.2 Å². The van der Waals surface area contributed by atoms with Crippen LogP contribution in [0.5, 0.6) is 0 Å². The number of hydrogen-bond acceptors (Lipinski definition) is 4. The summed E-state index contributed by atoms with van der Waals surface area (Å²) < 4.78 is 5.41. The van der Waals surface area contributed by atoms with Crippen LogP contribution in [0.1, 0.15) is 6.92 Å². The Morgan fingerprint density at radius 2 is 2.00 bits per heavy atom. The Kier molecular flexibility index (Phi) is 3.14. The largest absolute Gasteiger partial charge is 0.495 e. The van der Waals surface area contributed by atoms with E-state index in [9.17, 15) is 5.11 Å². The molecule has 104 valence electrons. The first kappa shape index (κ1) is 12.7. The van der Waals surface area contributed by atoms with Crippen molar-refractivity contribution >= 4 is 5.69 Å². The second kappa shape index (κ2) is 4.96. The van der Waals surface area contributed by atoms with Crippen LogP contribution in [-0.2, 0) is 4.74 Å². The average Bonchev–Trinajstić information content (AvgIpc) is 2.49. The van der Waals surface area contributed by atoms with Crippen molar-refractivity contribution in [3.63, 3.8) is 0 Å². The number of rotatable bonds is 2. The number of nitrogens with one attached hydrogen (secondary N) is 1. The van der Waals surface area contributed by atoms with E-state index in [2.05, 4.69) is 11.4 Å². The molecule has 2 aliphatic rings. The van der Waals surface area contributed by atoms with Gasteiger partial charge >= 0.3 is 0 Å². The molecular weight excluding hydrogens is 252 g/mol. The van der Waals surface area contributed by atoms with Crippen molar-refractivity contribution in [2.45, 2.75) is 13.1 Å². The molecule has 0 amide bonds. The lowest BCUT2D eigenvalue weighted by Crippen LogP contribution is -2.50. The maximum atomic E-state index is 10.6. The molecule has 2 atom stereocenters. The van der Waals surface area contributed by atoms with Crippen LogP contribution in [0.2, 0.25) is 0 Å². The second-order valence-corrected chi connectivity index (χ2v) is 4.91. The molecule has 0 saturated carbocycles. The van der Waals surface area contributed by atoms with Crippen LogP contribution in [0.4, 0.5) is 5.69 Å². The molecule has 4 heteroatoms. The zero-order valence-electron chi connectivity index (χ0n) is 11.6. The van der Waals surface area contributed by atoms with Crippen molar-refractivity contribution in [2.24, 2.45) is 5.92 Å². The SMILES string of the molecule is COC1=C(O)N(c2ccccc2)C2NC=CC=C2C1C. The molecule has 0 saturated heterocycles. The minimum Gasteiger partial charge on any atom is -0.495 e. The molecule has 0 spiro atoms. The van der Waals surface area contributed by atoms with Crippen LogP contribution in [-0.4, -0.2) is 18.4 Å². The van der Waals surface area contributed by atoms with Crippen molar-refractivity contribution < 1.29 is 9.84 Å². The van der Waals surface area contributed by atoms with Crippen LogP contribution in [0.3, 0.4) is 0 Å². The van der Waals surface area contributed by atoms with E-state index in [0.717, 1.165) is 5.69 Å². The molecule has 2 aliphatic heterocycles. The van der Waals surface area contributed by atoms with Gasteiger partial charge in [-0.3, -0.25) is 4.90 Å². The fraction of sp³-hybridized carbons (Fsp3) is 0.250. The topological polar surface area (TPSA) is 44.7 Å². The second-order valence-electron chi connectivity index (χ2n) is 4.91. The van der Waals surface area contributed by atoms with Crippen molar-refractivity contribution in [3.05, 3.63) is 65.9 Å². The summed E-state index contributed by atoms with van der Waals surface area (Å²) >= 11 is 0. The van der Waals surface area contributed by atoms with Crippen molar-refractivity contribution in [2.75, 3.05) is 12.0 Å². The van der Waals surface area contributed by atoms with Crippen molar-refractivity contribution in [1.82, 2.24) is 5.32 Å². The van der Waals surface area contributed by atoms with Gasteiger partial charge in [0.2, 0.25) is 5.88 Å². The number of aliphatic hydroxyl groups excluding tert-OH is 1. The summed E-state index contributed by atoms with van der Waals surface area (Å²) in [5.74, 6) is 0.798. The Balaban J connectivity index is 2.14. The number of aliphatic hydroxyl groups is 1. The Morgan fingerprint density at radius 1 is 1.25 bits per heavy atom. The molecule has 20 heavy (non-hydrogen) atoms. The Bertz CT molecular complexity index is 590. The van der Waals surface area contributed by atoms with Crippen LogP contribution < -0.4 is 10.2 Å². The fourth-order valence-corrected chi connectivity index (χ4v) is 2.81. The molecule has 2 unspecified atom stereocenters. The minimum absolute atomic E-state index is 0.0439. The number of nitrogens with zero attached hydrogens (tertiary/aromatic N) is 1. The highest BCUT2D eigenvalue weighted by atomic mass is 16.5. The summed E-state index contributed by atoms with van der Waals surface area (Å²) in [6.45, 7) is 2.04. The first-order valence-electron chi connectivity index (χ1n) is 6.68. The predicted molar refractivity (Wildman–Crippen MR) is 78.9 cm³/mol. The van der Waals surface area contributed by atoms with Gasteiger partial charge in [-0.2, -0.15) is 0 Å². The van der Waals surface area contributed by atoms with Gasteiger partial charge in [0.15, 0.2) is 5.76 Å². The predicted octanol–water partition coefficient (Wildman–Crippen LogP) is 2.89. The van der Waals surface area contributed by atoms with Gasteiger partial charge in [0, 0.05) is 11.6 Å². The van der Waals surface area contributed by atoms with Gasteiger partial charge in [0.25, 0.3) is 0 Å². The number of benzene rings is 1. The quantitative estimate of drug-likeness (QED) is 0.867. The summed E-state index contributed by atoms with van der Waals surface area (Å²) in [5, 5.41) is 13.9. The van der Waals surface area contributed by atoms with Gasteiger partial charge < -0.3 is 15.2 Å². The summed E-state index contributed by atoms with van der Waals surface area (Å²) in [6, 6.07) is 9.80. The molecule has 0 fully saturated rings. The lowest BCUT2D eigenvalue weighted by molar-refractivity contribution is 0.201. The van der Waals surface area contributed by atoms with Crippen molar-refractivity contribution in [1.29, 1.82) is 0 Å².